The summed E-state index contributed by atoms with van der Waals surface area (Å²) in [6.45, 7) is 6.48. The third kappa shape index (κ3) is 3.94. The van der Waals surface area contributed by atoms with E-state index in [0.717, 1.165) is 62.7 Å². The Morgan fingerprint density at radius 1 is 1.23 bits per heavy atom. The van der Waals surface area contributed by atoms with Crippen LogP contribution in [0, 0.1) is 12.8 Å². The first-order chi connectivity index (χ1) is 14.7. The fourth-order valence-corrected chi connectivity index (χ4v) is 5.36. The van der Waals surface area contributed by atoms with E-state index in [-0.39, 0.29) is 5.92 Å². The number of para-hydroxylation sites is 1. The lowest BCUT2D eigenvalue weighted by Crippen LogP contribution is -2.43. The quantitative estimate of drug-likeness (QED) is 0.678. The number of carbonyl (C=O) groups excluding carboxylic acids is 1. The van der Waals surface area contributed by atoms with Crippen LogP contribution in [0.25, 0.3) is 16.5 Å². The zero-order valence-corrected chi connectivity index (χ0v) is 18.3. The highest BCUT2D eigenvalue weighted by Gasteiger charge is 2.29. The number of rotatable bonds is 4. The molecular weight excluding hydrogens is 392 g/mol. The van der Waals surface area contributed by atoms with E-state index in [9.17, 15) is 4.79 Å². The number of nitrogens with one attached hydrogen (secondary N) is 1. The van der Waals surface area contributed by atoms with Gasteiger partial charge < -0.3 is 9.88 Å². The highest BCUT2D eigenvalue weighted by molar-refractivity contribution is 7.09. The van der Waals surface area contributed by atoms with Gasteiger partial charge in [-0.05, 0) is 50.9 Å². The van der Waals surface area contributed by atoms with E-state index >= 15 is 0 Å². The Hall–Kier alpha value is -2.44. The van der Waals surface area contributed by atoms with Gasteiger partial charge in [-0.2, -0.15) is 0 Å². The van der Waals surface area contributed by atoms with Crippen molar-refractivity contribution in [2.75, 3.05) is 26.2 Å². The molecule has 0 radical (unpaired) electrons. The van der Waals surface area contributed by atoms with Crippen LogP contribution in [0.5, 0.6) is 0 Å². The predicted molar refractivity (Wildman–Crippen MR) is 122 cm³/mol. The van der Waals surface area contributed by atoms with Crippen LogP contribution in [-0.4, -0.2) is 51.9 Å². The number of nitrogens with zero attached hydrogens (tertiary/aromatic N) is 3. The minimum absolute atomic E-state index is 0.168. The molecule has 1 saturated heterocycles. The number of hydrogen-bond donors (Lipinski definition) is 1. The summed E-state index contributed by atoms with van der Waals surface area (Å²) in [6.07, 6.45) is 7.19. The van der Waals surface area contributed by atoms with E-state index in [4.69, 9.17) is 0 Å². The van der Waals surface area contributed by atoms with Crippen LogP contribution in [0.15, 0.2) is 41.9 Å². The first-order valence-electron chi connectivity index (χ1n) is 10.8. The van der Waals surface area contributed by atoms with Crippen molar-refractivity contribution in [2.24, 2.45) is 5.92 Å². The summed E-state index contributed by atoms with van der Waals surface area (Å²) in [7, 11) is 0. The fraction of sp³-hybridized carbons (Fsp3) is 0.417. The number of aromatic amines is 1. The van der Waals surface area contributed by atoms with Gasteiger partial charge in [0.2, 0.25) is 5.91 Å². The van der Waals surface area contributed by atoms with E-state index in [1.54, 1.807) is 11.3 Å². The number of amides is 1. The average Bonchev–Trinajstić information content (AvgIpc) is 3.40. The van der Waals surface area contributed by atoms with Crippen molar-refractivity contribution in [2.45, 2.75) is 32.7 Å². The highest BCUT2D eigenvalue weighted by Crippen LogP contribution is 2.30. The Morgan fingerprint density at radius 3 is 2.80 bits per heavy atom. The van der Waals surface area contributed by atoms with Crippen LogP contribution < -0.4 is 0 Å². The maximum Gasteiger partial charge on any atom is 0.226 e. The number of piperidine rings is 1. The van der Waals surface area contributed by atoms with Gasteiger partial charge >= 0.3 is 0 Å². The fourth-order valence-electron chi connectivity index (χ4n) is 4.76. The summed E-state index contributed by atoms with van der Waals surface area (Å²) in [5.74, 6) is 0.509. The van der Waals surface area contributed by atoms with Gasteiger partial charge in [0.1, 0.15) is 0 Å². The highest BCUT2D eigenvalue weighted by atomic mass is 32.1. The minimum Gasteiger partial charge on any atom is -0.361 e. The largest absolute Gasteiger partial charge is 0.361 e. The van der Waals surface area contributed by atoms with Crippen molar-refractivity contribution in [3.8, 4) is 0 Å². The zero-order chi connectivity index (χ0) is 20.5. The van der Waals surface area contributed by atoms with E-state index in [2.05, 4.69) is 68.6 Å². The zero-order valence-electron chi connectivity index (χ0n) is 17.4. The number of fused-ring (bicyclic) bond motifs is 1. The first kappa shape index (κ1) is 19.5. The summed E-state index contributed by atoms with van der Waals surface area (Å²) in [4.78, 5) is 25.5. The second kappa shape index (κ2) is 8.36. The number of hydrogen-bond acceptors (Lipinski definition) is 4. The van der Waals surface area contributed by atoms with Gasteiger partial charge in [0.15, 0.2) is 0 Å². The lowest BCUT2D eigenvalue weighted by molar-refractivity contribution is -0.136. The minimum atomic E-state index is 0.168. The van der Waals surface area contributed by atoms with Crippen LogP contribution >= 0.6 is 11.3 Å². The van der Waals surface area contributed by atoms with E-state index < -0.39 is 0 Å². The summed E-state index contributed by atoms with van der Waals surface area (Å²) >= 11 is 1.71. The van der Waals surface area contributed by atoms with Gasteiger partial charge in [0, 0.05) is 53.6 Å². The molecule has 0 bridgehead atoms. The number of aromatic nitrogens is 2. The third-order valence-electron chi connectivity index (χ3n) is 6.44. The summed E-state index contributed by atoms with van der Waals surface area (Å²) < 4.78 is 0. The van der Waals surface area contributed by atoms with E-state index in [0.29, 0.717) is 5.91 Å². The topological polar surface area (TPSA) is 52.2 Å². The predicted octanol–water partition coefficient (Wildman–Crippen LogP) is 4.46. The second-order valence-corrected chi connectivity index (χ2v) is 9.48. The normalized spacial score (nSPS) is 18.7. The van der Waals surface area contributed by atoms with Crippen molar-refractivity contribution in [3.05, 3.63) is 58.2 Å². The van der Waals surface area contributed by atoms with Crippen molar-refractivity contribution in [1.29, 1.82) is 0 Å². The SMILES string of the molecule is Cc1nc(CN2CCC(C(=O)N3CC=C(c4c[nH]c5ccccc45)CC3)CC2)cs1. The molecule has 6 heteroatoms. The molecule has 4 heterocycles. The maximum absolute atomic E-state index is 13.1. The van der Waals surface area contributed by atoms with E-state index in [1.165, 1.54) is 22.0 Å². The van der Waals surface area contributed by atoms with Crippen molar-refractivity contribution < 1.29 is 4.79 Å². The second-order valence-electron chi connectivity index (χ2n) is 8.42. The molecule has 1 fully saturated rings. The van der Waals surface area contributed by atoms with Crippen molar-refractivity contribution in [3.63, 3.8) is 0 Å². The molecule has 3 aromatic rings. The molecule has 5 nitrogen and oxygen atoms in total. The smallest absolute Gasteiger partial charge is 0.226 e. The van der Waals surface area contributed by atoms with Crippen molar-refractivity contribution >= 4 is 33.7 Å². The Labute approximate surface area is 181 Å². The lowest BCUT2D eigenvalue weighted by atomic mass is 9.93. The molecule has 1 amide bonds. The van der Waals surface area contributed by atoms with Crippen LogP contribution in [0.2, 0.25) is 0 Å². The number of aryl methyl sites for hydroxylation is 1. The molecule has 2 aliphatic heterocycles. The van der Waals surface area contributed by atoms with Gasteiger partial charge in [-0.25, -0.2) is 4.98 Å². The molecule has 0 aliphatic carbocycles. The van der Waals surface area contributed by atoms with Gasteiger partial charge in [-0.3, -0.25) is 9.69 Å². The first-order valence-corrected chi connectivity index (χ1v) is 11.7. The number of thiazole rings is 1. The van der Waals surface area contributed by atoms with Gasteiger partial charge in [-0.15, -0.1) is 11.3 Å². The number of carbonyl (C=O) groups is 1. The Kier molecular flexibility index (Phi) is 5.44. The van der Waals surface area contributed by atoms with Gasteiger partial charge in [0.05, 0.1) is 10.7 Å². The van der Waals surface area contributed by atoms with Crippen LogP contribution in [0.3, 0.4) is 0 Å². The molecule has 156 valence electrons. The molecule has 2 aliphatic rings. The third-order valence-corrected chi connectivity index (χ3v) is 7.27. The Morgan fingerprint density at radius 2 is 2.07 bits per heavy atom. The van der Waals surface area contributed by atoms with Crippen molar-refractivity contribution in [1.82, 2.24) is 19.8 Å². The van der Waals surface area contributed by atoms with Crippen LogP contribution in [0.4, 0.5) is 0 Å². The Bertz CT molecular complexity index is 1070. The standard InChI is InChI=1S/C24H28N4OS/c1-17-26-20(16-30-17)15-27-10-6-19(7-11-27)24(29)28-12-8-18(9-13-28)22-14-25-23-5-3-2-4-21(22)23/h2-5,8,14,16,19,25H,6-7,9-13,15H2,1H3. The van der Waals surface area contributed by atoms with E-state index in [1.807, 2.05) is 0 Å². The molecule has 2 aromatic heterocycles. The summed E-state index contributed by atoms with van der Waals surface area (Å²) in [6, 6.07) is 8.42. The van der Waals surface area contributed by atoms with Crippen LogP contribution in [-0.2, 0) is 11.3 Å². The lowest BCUT2D eigenvalue weighted by Gasteiger charge is -2.35. The van der Waals surface area contributed by atoms with Gasteiger partial charge in [-0.1, -0.05) is 24.3 Å². The van der Waals surface area contributed by atoms with Crippen LogP contribution in [0.1, 0.15) is 35.5 Å². The summed E-state index contributed by atoms with van der Waals surface area (Å²) in [5.41, 5.74) is 4.97. The molecular formula is C24H28N4OS. The molecule has 0 unspecified atom stereocenters. The average molecular weight is 421 g/mol. The molecule has 1 N–H and O–H groups in total. The molecule has 1 aromatic carbocycles. The molecule has 0 atom stereocenters. The molecule has 5 rings (SSSR count). The molecule has 30 heavy (non-hydrogen) atoms. The number of benzene rings is 1. The molecule has 0 spiro atoms. The van der Waals surface area contributed by atoms with Gasteiger partial charge in [0.25, 0.3) is 0 Å². The summed E-state index contributed by atoms with van der Waals surface area (Å²) in [5, 5.41) is 4.55. The number of likely N-dealkylation sites (tertiary alicyclic amines) is 1. The molecule has 0 saturated carbocycles. The monoisotopic (exact) mass is 420 g/mol. The Balaban J connectivity index is 1.17. The number of H-pyrrole nitrogens is 1. The maximum atomic E-state index is 13.1.